The van der Waals surface area contributed by atoms with E-state index in [1.165, 1.54) is 12.3 Å². The number of aromatic nitrogens is 1. The number of hydrogen-bond donors (Lipinski definition) is 1. The minimum atomic E-state index is -4.49. The third kappa shape index (κ3) is 4.67. The van der Waals surface area contributed by atoms with Crippen molar-refractivity contribution in [1.82, 2.24) is 15.2 Å². The molecule has 0 bridgehead atoms. The number of alkyl halides is 4. The molecule has 2 atom stereocenters. The second-order valence-electron chi connectivity index (χ2n) is 9.22. The third-order valence-corrected chi connectivity index (χ3v) is 6.71. The summed E-state index contributed by atoms with van der Waals surface area (Å²) in [6.07, 6.45) is -2.61. The van der Waals surface area contributed by atoms with Crippen LogP contribution in [0.2, 0.25) is 0 Å². The monoisotopic (exact) mass is 452 g/mol. The van der Waals surface area contributed by atoms with Gasteiger partial charge in [0.05, 0.1) is 23.5 Å². The van der Waals surface area contributed by atoms with Crippen molar-refractivity contribution in [3.05, 3.63) is 36.0 Å². The quantitative estimate of drug-likeness (QED) is 0.712. The SMILES string of the molecule is C[C@@H]1CN(c2ccc(C(F)(F)F)c3ncccc23)CC1NC(=O)CC1(F)CCN(C)CC1. The number of halogens is 4. The average molecular weight is 452 g/mol. The van der Waals surface area contributed by atoms with Crippen LogP contribution in [0, 0.1) is 5.92 Å². The molecule has 1 unspecified atom stereocenters. The standard InChI is InChI=1S/C23H28F4N4O/c1-15-13-31(14-18(15)29-20(32)12-22(24)7-10-30(2)11-8-22)19-6-5-17(23(25,26)27)21-16(19)4-3-9-28-21/h3-6,9,15,18H,7-8,10-14H2,1-2H3,(H,29,32)/t15-,18?/m1/s1. The highest BCUT2D eigenvalue weighted by Crippen LogP contribution is 2.39. The molecule has 2 fully saturated rings. The number of hydrogen-bond acceptors (Lipinski definition) is 4. The van der Waals surface area contributed by atoms with E-state index in [0.717, 1.165) is 6.07 Å². The molecule has 1 aromatic heterocycles. The van der Waals surface area contributed by atoms with Crippen molar-refractivity contribution < 1.29 is 22.4 Å². The first-order valence-electron chi connectivity index (χ1n) is 10.9. The molecule has 0 saturated carbocycles. The van der Waals surface area contributed by atoms with Crippen LogP contribution in [0.15, 0.2) is 30.5 Å². The number of fused-ring (bicyclic) bond motifs is 1. The predicted molar refractivity (Wildman–Crippen MR) is 115 cm³/mol. The zero-order chi connectivity index (χ0) is 23.1. The molecule has 1 N–H and O–H groups in total. The number of carbonyl (C=O) groups is 1. The van der Waals surface area contributed by atoms with Gasteiger partial charge in [0.2, 0.25) is 5.91 Å². The van der Waals surface area contributed by atoms with Crippen LogP contribution in [0.25, 0.3) is 10.9 Å². The zero-order valence-electron chi connectivity index (χ0n) is 18.3. The molecule has 32 heavy (non-hydrogen) atoms. The smallest absolute Gasteiger partial charge is 0.369 e. The molecule has 5 nitrogen and oxygen atoms in total. The number of rotatable bonds is 4. The van der Waals surface area contributed by atoms with Gasteiger partial charge in [-0.3, -0.25) is 9.78 Å². The second kappa shape index (κ2) is 8.50. The summed E-state index contributed by atoms with van der Waals surface area (Å²) in [5, 5.41) is 3.39. The van der Waals surface area contributed by atoms with E-state index in [1.54, 1.807) is 12.1 Å². The molecular weight excluding hydrogens is 424 g/mol. The minimum Gasteiger partial charge on any atom is -0.369 e. The topological polar surface area (TPSA) is 48.5 Å². The highest BCUT2D eigenvalue weighted by Gasteiger charge is 2.39. The number of carbonyl (C=O) groups excluding carboxylic acids is 1. The second-order valence-corrected chi connectivity index (χ2v) is 9.22. The largest absolute Gasteiger partial charge is 0.418 e. The Labute approximate surface area is 184 Å². The van der Waals surface area contributed by atoms with Gasteiger partial charge >= 0.3 is 6.18 Å². The maximum atomic E-state index is 15.0. The Morgan fingerprint density at radius 3 is 2.62 bits per heavy atom. The van der Waals surface area contributed by atoms with Crippen LogP contribution in [0.5, 0.6) is 0 Å². The summed E-state index contributed by atoms with van der Waals surface area (Å²) in [5.41, 5.74) is -1.67. The third-order valence-electron chi connectivity index (χ3n) is 6.71. The lowest BCUT2D eigenvalue weighted by molar-refractivity contribution is -0.136. The van der Waals surface area contributed by atoms with Crippen LogP contribution in [0.1, 0.15) is 31.7 Å². The van der Waals surface area contributed by atoms with Crippen LogP contribution >= 0.6 is 0 Å². The summed E-state index contributed by atoms with van der Waals surface area (Å²) < 4.78 is 55.2. The Morgan fingerprint density at radius 2 is 1.94 bits per heavy atom. The molecular formula is C23H28F4N4O. The number of nitrogens with zero attached hydrogens (tertiary/aromatic N) is 3. The summed E-state index contributed by atoms with van der Waals surface area (Å²) in [6, 6.07) is 5.59. The summed E-state index contributed by atoms with van der Waals surface area (Å²) in [5.74, 6) is -0.240. The Kier molecular flexibility index (Phi) is 6.04. The molecule has 0 spiro atoms. The molecule has 3 heterocycles. The summed E-state index contributed by atoms with van der Waals surface area (Å²) in [6.45, 7) is 4.27. The molecule has 174 valence electrons. The molecule has 9 heteroatoms. The molecule has 4 rings (SSSR count). The Bertz CT molecular complexity index is 988. The molecule has 2 aromatic rings. The van der Waals surface area contributed by atoms with E-state index in [2.05, 4.69) is 15.2 Å². The molecule has 2 saturated heterocycles. The lowest BCUT2D eigenvalue weighted by Crippen LogP contribution is -2.46. The van der Waals surface area contributed by atoms with Crippen molar-refractivity contribution in [2.24, 2.45) is 5.92 Å². The van der Waals surface area contributed by atoms with Crippen LogP contribution in [0.3, 0.4) is 0 Å². The summed E-state index contributed by atoms with van der Waals surface area (Å²) in [4.78, 5) is 20.6. The first-order chi connectivity index (χ1) is 15.1. The van der Waals surface area contributed by atoms with Gasteiger partial charge < -0.3 is 15.1 Å². The fourth-order valence-electron chi connectivity index (χ4n) is 4.76. The van der Waals surface area contributed by atoms with Gasteiger partial charge in [0.1, 0.15) is 5.67 Å². The number of nitrogens with one attached hydrogen (secondary N) is 1. The lowest BCUT2D eigenvalue weighted by Gasteiger charge is -2.34. The van der Waals surface area contributed by atoms with E-state index in [-0.39, 0.29) is 29.8 Å². The van der Waals surface area contributed by atoms with Gasteiger partial charge in [0.15, 0.2) is 0 Å². The minimum absolute atomic E-state index is 0.0704. The van der Waals surface area contributed by atoms with Gasteiger partial charge in [-0.2, -0.15) is 13.2 Å². The van der Waals surface area contributed by atoms with Crippen molar-refractivity contribution in [3.8, 4) is 0 Å². The van der Waals surface area contributed by atoms with Gasteiger partial charge in [-0.1, -0.05) is 6.92 Å². The molecule has 1 aromatic carbocycles. The Hall–Kier alpha value is -2.42. The average Bonchev–Trinajstić information content (AvgIpc) is 3.08. The van der Waals surface area contributed by atoms with Gasteiger partial charge in [-0.25, -0.2) is 4.39 Å². The fraction of sp³-hybridized carbons (Fsp3) is 0.565. The summed E-state index contributed by atoms with van der Waals surface area (Å²) in [7, 11) is 1.94. The normalized spacial score (nSPS) is 24.1. The van der Waals surface area contributed by atoms with Crippen molar-refractivity contribution in [2.45, 2.75) is 44.1 Å². The van der Waals surface area contributed by atoms with E-state index in [1.807, 2.05) is 18.9 Å². The Morgan fingerprint density at radius 1 is 1.22 bits per heavy atom. The van der Waals surface area contributed by atoms with Gasteiger partial charge in [-0.05, 0) is 50.1 Å². The first kappa shape index (κ1) is 22.8. The van der Waals surface area contributed by atoms with E-state index < -0.39 is 17.4 Å². The molecule has 0 aliphatic carbocycles. The number of amides is 1. The number of piperidine rings is 1. The van der Waals surface area contributed by atoms with Crippen molar-refractivity contribution in [3.63, 3.8) is 0 Å². The highest BCUT2D eigenvalue weighted by molar-refractivity contribution is 5.94. The maximum Gasteiger partial charge on any atom is 0.418 e. The number of likely N-dealkylation sites (tertiary alicyclic amines) is 1. The molecule has 1 amide bonds. The van der Waals surface area contributed by atoms with Gasteiger partial charge in [0.25, 0.3) is 0 Å². The van der Waals surface area contributed by atoms with E-state index in [4.69, 9.17) is 0 Å². The highest BCUT2D eigenvalue weighted by atomic mass is 19.4. The number of pyridine rings is 1. The van der Waals surface area contributed by atoms with Crippen LogP contribution < -0.4 is 10.2 Å². The lowest BCUT2D eigenvalue weighted by atomic mass is 9.89. The first-order valence-corrected chi connectivity index (χ1v) is 10.9. The Balaban J connectivity index is 1.48. The van der Waals surface area contributed by atoms with Crippen LogP contribution in [0.4, 0.5) is 23.2 Å². The van der Waals surface area contributed by atoms with Crippen molar-refractivity contribution in [1.29, 1.82) is 0 Å². The number of benzene rings is 1. The van der Waals surface area contributed by atoms with Crippen molar-refractivity contribution in [2.75, 3.05) is 38.1 Å². The predicted octanol–water partition coefficient (Wildman–Crippen LogP) is 4.02. The fourth-order valence-corrected chi connectivity index (χ4v) is 4.76. The van der Waals surface area contributed by atoms with E-state index >= 15 is 4.39 Å². The van der Waals surface area contributed by atoms with E-state index in [0.29, 0.717) is 50.1 Å². The summed E-state index contributed by atoms with van der Waals surface area (Å²) >= 11 is 0. The van der Waals surface area contributed by atoms with Gasteiger partial charge in [0, 0.05) is 43.4 Å². The van der Waals surface area contributed by atoms with E-state index in [9.17, 15) is 18.0 Å². The zero-order valence-corrected chi connectivity index (χ0v) is 18.3. The van der Waals surface area contributed by atoms with Crippen LogP contribution in [-0.4, -0.2) is 60.7 Å². The maximum absolute atomic E-state index is 15.0. The molecule has 0 radical (unpaired) electrons. The molecule has 2 aliphatic rings. The molecule has 2 aliphatic heterocycles. The van der Waals surface area contributed by atoms with Gasteiger partial charge in [-0.15, -0.1) is 0 Å². The van der Waals surface area contributed by atoms with Crippen LogP contribution in [-0.2, 0) is 11.0 Å². The number of anilines is 1. The van der Waals surface area contributed by atoms with Crippen molar-refractivity contribution >= 4 is 22.5 Å².